The van der Waals surface area contributed by atoms with Gasteiger partial charge >= 0.3 is 0 Å². The zero-order chi connectivity index (χ0) is 18.9. The first-order valence-corrected chi connectivity index (χ1v) is 8.79. The van der Waals surface area contributed by atoms with Crippen molar-refractivity contribution < 1.29 is 9.47 Å². The Kier molecular flexibility index (Phi) is 9.99. The molecule has 27 heavy (non-hydrogen) atoms. The summed E-state index contributed by atoms with van der Waals surface area (Å²) >= 11 is 0. The van der Waals surface area contributed by atoms with Crippen LogP contribution in [0.3, 0.4) is 0 Å². The number of para-hydroxylation sites is 1. The van der Waals surface area contributed by atoms with Crippen LogP contribution in [0.15, 0.2) is 41.4 Å². The predicted molar refractivity (Wildman–Crippen MR) is 123 cm³/mol. The van der Waals surface area contributed by atoms with Gasteiger partial charge in [-0.3, -0.25) is 4.99 Å². The molecule has 2 N–H and O–H groups in total. The highest BCUT2D eigenvalue weighted by atomic mass is 127. The van der Waals surface area contributed by atoms with Gasteiger partial charge in [-0.1, -0.05) is 41.5 Å². The summed E-state index contributed by atoms with van der Waals surface area (Å²) < 4.78 is 10.8. The summed E-state index contributed by atoms with van der Waals surface area (Å²) in [6.45, 7) is 5.68. The van der Waals surface area contributed by atoms with E-state index in [0.29, 0.717) is 6.54 Å². The minimum Gasteiger partial charge on any atom is -0.493 e. The molecule has 2 rings (SSSR count). The van der Waals surface area contributed by atoms with E-state index in [1.807, 2.05) is 18.2 Å². The van der Waals surface area contributed by atoms with Crippen LogP contribution in [-0.2, 0) is 13.0 Å². The van der Waals surface area contributed by atoms with Gasteiger partial charge in [0, 0.05) is 25.7 Å². The maximum atomic E-state index is 5.47. The summed E-state index contributed by atoms with van der Waals surface area (Å²) in [5.74, 6) is 2.23. The van der Waals surface area contributed by atoms with Crippen LogP contribution in [-0.4, -0.2) is 33.8 Å². The summed E-state index contributed by atoms with van der Waals surface area (Å²) in [4.78, 5) is 4.29. The molecule has 5 nitrogen and oxygen atoms in total. The van der Waals surface area contributed by atoms with Gasteiger partial charge in [-0.05, 0) is 31.9 Å². The molecule has 148 valence electrons. The molecule has 2 aromatic carbocycles. The summed E-state index contributed by atoms with van der Waals surface area (Å²) in [6.07, 6.45) is 0.950. The van der Waals surface area contributed by atoms with E-state index in [1.165, 1.54) is 16.7 Å². The third-order valence-electron chi connectivity index (χ3n) is 4.14. The summed E-state index contributed by atoms with van der Waals surface area (Å²) in [5, 5.41) is 6.68. The molecule has 0 aliphatic heterocycles. The number of ether oxygens (including phenoxy) is 2. The normalized spacial score (nSPS) is 10.8. The van der Waals surface area contributed by atoms with Crippen LogP contribution >= 0.6 is 24.0 Å². The lowest BCUT2D eigenvalue weighted by molar-refractivity contribution is 0.351. The number of aryl methyl sites for hydroxylation is 2. The lowest BCUT2D eigenvalue weighted by atomic mass is 10.1. The van der Waals surface area contributed by atoms with Gasteiger partial charge in [0.25, 0.3) is 0 Å². The van der Waals surface area contributed by atoms with Crippen LogP contribution in [0, 0.1) is 13.8 Å². The van der Waals surface area contributed by atoms with E-state index in [-0.39, 0.29) is 24.0 Å². The lowest BCUT2D eigenvalue weighted by Crippen LogP contribution is -2.37. The van der Waals surface area contributed by atoms with E-state index in [2.05, 4.69) is 47.7 Å². The first kappa shape index (κ1) is 23.1. The number of methoxy groups -OCH3 is 2. The molecular formula is C21H30IN3O2. The fraction of sp³-hybridized carbons (Fsp3) is 0.381. The largest absolute Gasteiger partial charge is 0.493 e. The second kappa shape index (κ2) is 11.7. The Morgan fingerprint density at radius 1 is 1.00 bits per heavy atom. The zero-order valence-corrected chi connectivity index (χ0v) is 19.1. The molecule has 2 aromatic rings. The Labute approximate surface area is 179 Å². The first-order valence-electron chi connectivity index (χ1n) is 8.79. The smallest absolute Gasteiger partial charge is 0.191 e. The van der Waals surface area contributed by atoms with Gasteiger partial charge in [-0.15, -0.1) is 24.0 Å². The first-order chi connectivity index (χ1) is 12.6. The van der Waals surface area contributed by atoms with E-state index in [9.17, 15) is 0 Å². The Balaban J connectivity index is 0.00000364. The van der Waals surface area contributed by atoms with Crippen molar-refractivity contribution in [2.24, 2.45) is 4.99 Å². The van der Waals surface area contributed by atoms with Crippen LogP contribution in [0.2, 0.25) is 0 Å². The van der Waals surface area contributed by atoms with Gasteiger partial charge in [0.05, 0.1) is 14.2 Å². The molecule has 0 radical (unpaired) electrons. The van der Waals surface area contributed by atoms with Gasteiger partial charge in [0.1, 0.15) is 0 Å². The maximum Gasteiger partial charge on any atom is 0.191 e. The van der Waals surface area contributed by atoms with E-state index >= 15 is 0 Å². The number of aliphatic imine (C=N–C) groups is 1. The molecule has 0 heterocycles. The van der Waals surface area contributed by atoms with Crippen molar-refractivity contribution in [3.05, 3.63) is 58.7 Å². The second-order valence-electron chi connectivity index (χ2n) is 6.25. The van der Waals surface area contributed by atoms with Crippen LogP contribution in [0.1, 0.15) is 22.3 Å². The average molecular weight is 483 g/mol. The van der Waals surface area contributed by atoms with Gasteiger partial charge in [-0.25, -0.2) is 0 Å². The monoisotopic (exact) mass is 483 g/mol. The predicted octanol–water partition coefficient (Wildman–Crippen LogP) is 3.85. The number of benzene rings is 2. The van der Waals surface area contributed by atoms with Crippen LogP contribution < -0.4 is 20.1 Å². The topological polar surface area (TPSA) is 54.9 Å². The Morgan fingerprint density at radius 3 is 2.30 bits per heavy atom. The number of hydrogen-bond donors (Lipinski definition) is 2. The number of guanidine groups is 1. The minimum absolute atomic E-state index is 0. The second-order valence-corrected chi connectivity index (χ2v) is 6.25. The summed E-state index contributed by atoms with van der Waals surface area (Å²) in [6, 6.07) is 12.5. The Morgan fingerprint density at radius 2 is 1.70 bits per heavy atom. The third kappa shape index (κ3) is 6.93. The molecule has 6 heteroatoms. The van der Waals surface area contributed by atoms with Gasteiger partial charge in [0.2, 0.25) is 0 Å². The molecule has 0 aromatic heterocycles. The van der Waals surface area contributed by atoms with Crippen LogP contribution in [0.4, 0.5) is 0 Å². The molecule has 0 bridgehead atoms. The van der Waals surface area contributed by atoms with Crippen molar-refractivity contribution >= 4 is 29.9 Å². The molecule has 0 atom stereocenters. The van der Waals surface area contributed by atoms with E-state index in [0.717, 1.165) is 36.0 Å². The molecule has 0 aliphatic carbocycles. The molecular weight excluding hydrogens is 453 g/mol. The molecule has 0 spiro atoms. The number of hydrogen-bond acceptors (Lipinski definition) is 3. The van der Waals surface area contributed by atoms with Crippen molar-refractivity contribution in [3.63, 3.8) is 0 Å². The third-order valence-corrected chi connectivity index (χ3v) is 4.14. The van der Waals surface area contributed by atoms with Gasteiger partial charge in [0.15, 0.2) is 17.5 Å². The SMILES string of the molecule is CN=C(NCCc1cc(C)cc(C)c1)NCc1cccc(OC)c1OC.I. The Bertz CT molecular complexity index is 743. The number of halogens is 1. The molecule has 0 saturated heterocycles. The number of nitrogens with one attached hydrogen (secondary N) is 2. The van der Waals surface area contributed by atoms with Crippen molar-refractivity contribution in [3.8, 4) is 11.5 Å². The van der Waals surface area contributed by atoms with Gasteiger partial charge < -0.3 is 20.1 Å². The summed E-state index contributed by atoms with van der Waals surface area (Å²) in [5.41, 5.74) is 4.95. The van der Waals surface area contributed by atoms with Gasteiger partial charge in [-0.2, -0.15) is 0 Å². The fourth-order valence-corrected chi connectivity index (χ4v) is 3.03. The number of rotatable bonds is 7. The molecule has 0 aliphatic rings. The lowest BCUT2D eigenvalue weighted by Gasteiger charge is -2.15. The van der Waals surface area contributed by atoms with Crippen LogP contribution in [0.25, 0.3) is 0 Å². The highest BCUT2D eigenvalue weighted by molar-refractivity contribution is 14.0. The Hall–Kier alpha value is -1.96. The maximum absolute atomic E-state index is 5.47. The van der Waals surface area contributed by atoms with Crippen molar-refractivity contribution in [1.82, 2.24) is 10.6 Å². The molecule has 0 unspecified atom stereocenters. The van der Waals surface area contributed by atoms with Crippen molar-refractivity contribution in [1.29, 1.82) is 0 Å². The highest BCUT2D eigenvalue weighted by Gasteiger charge is 2.09. The average Bonchev–Trinajstić information content (AvgIpc) is 2.63. The van der Waals surface area contributed by atoms with Crippen molar-refractivity contribution in [2.75, 3.05) is 27.8 Å². The van der Waals surface area contributed by atoms with E-state index in [4.69, 9.17) is 9.47 Å². The van der Waals surface area contributed by atoms with E-state index < -0.39 is 0 Å². The molecule has 0 fully saturated rings. The van der Waals surface area contributed by atoms with Crippen LogP contribution in [0.5, 0.6) is 11.5 Å². The zero-order valence-electron chi connectivity index (χ0n) is 16.8. The molecule has 0 saturated carbocycles. The quantitative estimate of drug-likeness (QED) is 0.357. The molecule has 0 amide bonds. The van der Waals surface area contributed by atoms with Crippen molar-refractivity contribution in [2.45, 2.75) is 26.8 Å². The van der Waals surface area contributed by atoms with E-state index in [1.54, 1.807) is 21.3 Å². The summed E-state index contributed by atoms with van der Waals surface area (Å²) in [7, 11) is 5.07. The number of nitrogens with zero attached hydrogens (tertiary/aromatic N) is 1. The fourth-order valence-electron chi connectivity index (χ4n) is 3.03. The highest BCUT2D eigenvalue weighted by Crippen LogP contribution is 2.30. The standard InChI is InChI=1S/C21H29N3O2.HI/c1-15-11-16(2)13-17(12-15)9-10-23-21(22-3)24-14-18-7-6-8-19(25-4)20(18)26-5;/h6-8,11-13H,9-10,14H2,1-5H3,(H2,22,23,24);1H. The minimum atomic E-state index is 0.